The summed E-state index contributed by atoms with van der Waals surface area (Å²) in [6.45, 7) is 0. The first-order valence-corrected chi connectivity index (χ1v) is 7.32. The number of carbonyl (C=O) groups is 2. The van der Waals surface area contributed by atoms with E-state index in [1.807, 2.05) is 22.6 Å². The van der Waals surface area contributed by atoms with Crippen molar-refractivity contribution in [1.29, 1.82) is 0 Å². The molecule has 1 aromatic rings. The van der Waals surface area contributed by atoms with Crippen molar-refractivity contribution in [3.8, 4) is 17.2 Å². The molecule has 0 radical (unpaired) electrons. The third-order valence-electron chi connectivity index (χ3n) is 2.90. The molecule has 0 aromatic heterocycles. The first kappa shape index (κ1) is 15.3. The highest BCUT2D eigenvalue weighted by atomic mass is 127. The van der Waals surface area contributed by atoms with Gasteiger partial charge in [-0.25, -0.2) is 0 Å². The number of halogens is 2. The van der Waals surface area contributed by atoms with E-state index in [0.717, 1.165) is 0 Å². The predicted octanol–water partition coefficient (Wildman–Crippen LogP) is 3.13. The van der Waals surface area contributed by atoms with Crippen LogP contribution in [0.2, 0.25) is 0 Å². The number of hydrogen-bond donors (Lipinski definition) is 0. The van der Waals surface area contributed by atoms with Crippen LogP contribution < -0.4 is 14.2 Å². The van der Waals surface area contributed by atoms with Gasteiger partial charge in [0.1, 0.15) is 5.75 Å². The van der Waals surface area contributed by atoms with E-state index in [-0.39, 0.29) is 38.7 Å². The van der Waals surface area contributed by atoms with E-state index >= 15 is 0 Å². The minimum Gasteiger partial charge on any atom is -0.496 e. The summed E-state index contributed by atoms with van der Waals surface area (Å²) >= 11 is 4.98. The molecule has 1 aliphatic carbocycles. The average molecular weight is 453 g/mol. The topological polar surface area (TPSA) is 61.8 Å². The van der Waals surface area contributed by atoms with Gasteiger partial charge in [0, 0.05) is 6.07 Å². The maximum Gasteiger partial charge on any atom is 0.205 e. The van der Waals surface area contributed by atoms with Crippen molar-refractivity contribution >= 4 is 50.1 Å². The van der Waals surface area contributed by atoms with Gasteiger partial charge in [-0.05, 0) is 38.5 Å². The maximum absolute atomic E-state index is 12.4. The molecule has 0 saturated heterocycles. The van der Waals surface area contributed by atoms with E-state index in [4.69, 9.17) is 14.2 Å². The number of Topliss-reactive ketones (excluding diaryl/α,β-unsaturated/α-hetero) is 2. The van der Waals surface area contributed by atoms with Crippen LogP contribution in [0.1, 0.15) is 20.7 Å². The Hall–Kier alpha value is -1.09. The molecular weight excluding hydrogens is 443 g/mol. The van der Waals surface area contributed by atoms with Gasteiger partial charge in [0.05, 0.1) is 40.5 Å². The van der Waals surface area contributed by atoms with Gasteiger partial charge in [0.25, 0.3) is 0 Å². The van der Waals surface area contributed by atoms with Gasteiger partial charge in [0.2, 0.25) is 11.6 Å². The second-order valence-corrected chi connectivity index (χ2v) is 5.72. The highest BCUT2D eigenvalue weighted by Gasteiger charge is 2.37. The second kappa shape index (κ2) is 5.72. The Morgan fingerprint density at radius 2 is 1.55 bits per heavy atom. The van der Waals surface area contributed by atoms with Crippen molar-refractivity contribution in [2.45, 2.75) is 0 Å². The van der Waals surface area contributed by atoms with Crippen LogP contribution in [0.4, 0.5) is 0 Å². The Morgan fingerprint density at radius 3 is 2.05 bits per heavy atom. The fourth-order valence-electron chi connectivity index (χ4n) is 1.99. The summed E-state index contributed by atoms with van der Waals surface area (Å²) < 4.78 is 16.2. The van der Waals surface area contributed by atoms with Gasteiger partial charge in [-0.15, -0.1) is 0 Å². The van der Waals surface area contributed by atoms with Gasteiger partial charge in [-0.1, -0.05) is 0 Å². The summed E-state index contributed by atoms with van der Waals surface area (Å²) in [5, 5.41) is 0. The lowest BCUT2D eigenvalue weighted by molar-refractivity contribution is 0.0984. The van der Waals surface area contributed by atoms with Gasteiger partial charge < -0.3 is 14.2 Å². The van der Waals surface area contributed by atoms with Crippen molar-refractivity contribution < 1.29 is 23.8 Å². The number of rotatable bonds is 3. The molecule has 0 spiro atoms. The van der Waals surface area contributed by atoms with E-state index < -0.39 is 0 Å². The highest BCUT2D eigenvalue weighted by Crippen LogP contribution is 2.46. The van der Waals surface area contributed by atoms with Crippen molar-refractivity contribution in [3.05, 3.63) is 25.3 Å². The number of benzene rings is 1. The molecule has 0 unspecified atom stereocenters. The molecule has 0 saturated carbocycles. The SMILES string of the molecule is COc1cc(OC)c2c(c1OC)C(=O)C(Br)=C(I)C2=O. The lowest BCUT2D eigenvalue weighted by Gasteiger charge is -2.21. The van der Waals surface area contributed by atoms with Crippen molar-refractivity contribution in [2.75, 3.05) is 21.3 Å². The van der Waals surface area contributed by atoms with Gasteiger partial charge in [-0.2, -0.15) is 0 Å². The Labute approximate surface area is 137 Å². The lowest BCUT2D eigenvalue weighted by atomic mass is 9.92. The molecule has 0 bridgehead atoms. The molecule has 5 nitrogen and oxygen atoms in total. The van der Waals surface area contributed by atoms with E-state index in [9.17, 15) is 9.59 Å². The van der Waals surface area contributed by atoms with Gasteiger partial charge in [0.15, 0.2) is 11.5 Å². The standard InChI is InChI=1S/C13H10BrIO5/c1-18-5-4-6(19-2)13(20-3)8-7(5)12(17)10(15)9(14)11(8)16/h4H,1-3H3. The Balaban J connectivity index is 2.90. The Kier molecular flexibility index (Phi) is 4.38. The van der Waals surface area contributed by atoms with E-state index in [1.165, 1.54) is 27.4 Å². The molecular formula is C13H10BrIO5. The van der Waals surface area contributed by atoms with Crippen molar-refractivity contribution in [2.24, 2.45) is 0 Å². The summed E-state index contributed by atoms with van der Waals surface area (Å²) in [6.07, 6.45) is 0. The fourth-order valence-corrected chi connectivity index (χ4v) is 2.89. The molecule has 1 aromatic carbocycles. The smallest absolute Gasteiger partial charge is 0.205 e. The number of allylic oxidation sites excluding steroid dienone is 2. The van der Waals surface area contributed by atoms with E-state index in [0.29, 0.717) is 9.33 Å². The number of hydrogen-bond acceptors (Lipinski definition) is 5. The molecule has 0 N–H and O–H groups in total. The molecule has 2 rings (SSSR count). The van der Waals surface area contributed by atoms with Crippen LogP contribution in [-0.2, 0) is 0 Å². The monoisotopic (exact) mass is 452 g/mol. The third kappa shape index (κ3) is 2.12. The Morgan fingerprint density at radius 1 is 0.950 bits per heavy atom. The third-order valence-corrected chi connectivity index (χ3v) is 5.43. The highest BCUT2D eigenvalue weighted by molar-refractivity contribution is 14.1. The normalized spacial score (nSPS) is 14.2. The van der Waals surface area contributed by atoms with Crippen LogP contribution in [-0.4, -0.2) is 32.9 Å². The quantitative estimate of drug-likeness (QED) is 0.659. The van der Waals surface area contributed by atoms with Gasteiger partial charge in [-0.3, -0.25) is 9.59 Å². The number of methoxy groups -OCH3 is 3. The largest absolute Gasteiger partial charge is 0.496 e. The second-order valence-electron chi connectivity index (χ2n) is 3.85. The van der Waals surface area contributed by atoms with Crippen LogP contribution in [0.3, 0.4) is 0 Å². The summed E-state index contributed by atoms with van der Waals surface area (Å²) in [5.74, 6) is 0.219. The van der Waals surface area contributed by atoms with E-state index in [2.05, 4.69) is 15.9 Å². The van der Waals surface area contributed by atoms with Crippen molar-refractivity contribution in [3.63, 3.8) is 0 Å². The fraction of sp³-hybridized carbons (Fsp3) is 0.231. The molecule has 0 heterocycles. The zero-order valence-corrected chi connectivity index (χ0v) is 14.6. The zero-order chi connectivity index (χ0) is 15.0. The average Bonchev–Trinajstić information content (AvgIpc) is 2.48. The van der Waals surface area contributed by atoms with Crippen LogP contribution in [0.25, 0.3) is 0 Å². The molecule has 0 atom stereocenters. The Bertz CT molecular complexity index is 651. The summed E-state index contributed by atoms with van der Waals surface area (Å²) in [5.41, 5.74) is 0.351. The number of ether oxygens (including phenoxy) is 3. The first-order chi connectivity index (χ1) is 9.47. The minimum atomic E-state index is -0.335. The van der Waals surface area contributed by atoms with Crippen LogP contribution >= 0.6 is 38.5 Å². The predicted molar refractivity (Wildman–Crippen MR) is 84.7 cm³/mol. The zero-order valence-electron chi connectivity index (χ0n) is 10.9. The molecule has 1 aliphatic rings. The summed E-state index contributed by atoms with van der Waals surface area (Å²) in [4.78, 5) is 24.8. The molecule has 0 amide bonds. The molecule has 0 aliphatic heterocycles. The molecule has 7 heteroatoms. The summed E-state index contributed by atoms with van der Waals surface area (Å²) in [7, 11) is 4.30. The van der Waals surface area contributed by atoms with Gasteiger partial charge >= 0.3 is 0 Å². The van der Waals surface area contributed by atoms with Crippen LogP contribution in [0.5, 0.6) is 17.2 Å². The number of carbonyl (C=O) groups excluding carboxylic acids is 2. The summed E-state index contributed by atoms with van der Waals surface area (Å²) in [6, 6.07) is 1.53. The molecule has 20 heavy (non-hydrogen) atoms. The van der Waals surface area contributed by atoms with E-state index in [1.54, 1.807) is 0 Å². The lowest BCUT2D eigenvalue weighted by Crippen LogP contribution is -2.20. The van der Waals surface area contributed by atoms with Crippen LogP contribution in [0.15, 0.2) is 14.1 Å². The maximum atomic E-state index is 12.4. The molecule has 0 fully saturated rings. The number of fused-ring (bicyclic) bond motifs is 1. The minimum absolute atomic E-state index is 0.154. The van der Waals surface area contributed by atoms with Crippen LogP contribution in [0, 0.1) is 0 Å². The number of ketones is 2. The van der Waals surface area contributed by atoms with Crippen molar-refractivity contribution in [1.82, 2.24) is 0 Å². The molecule has 106 valence electrons. The first-order valence-electron chi connectivity index (χ1n) is 5.45.